The fraction of sp³-hybridized carbons (Fsp3) is 0. The highest BCUT2D eigenvalue weighted by Crippen LogP contribution is 2.26. The van der Waals surface area contributed by atoms with Crippen molar-refractivity contribution in [1.29, 1.82) is 0 Å². The highest BCUT2D eigenvalue weighted by molar-refractivity contribution is 6.32. The number of benzene rings is 1. The summed E-state index contributed by atoms with van der Waals surface area (Å²) in [7, 11) is 0. The highest BCUT2D eigenvalue weighted by atomic mass is 35.5. The number of hydrogen-bond donors (Lipinski definition) is 1. The maximum Gasteiger partial charge on any atom is 0.251 e. The lowest BCUT2D eigenvalue weighted by Gasteiger charge is -2.02. The van der Waals surface area contributed by atoms with Crippen LogP contribution in [0.15, 0.2) is 42.9 Å². The van der Waals surface area contributed by atoms with Crippen molar-refractivity contribution in [3.05, 3.63) is 53.7 Å². The second-order valence-electron chi connectivity index (χ2n) is 4.13. The Morgan fingerprint density at radius 3 is 2.62 bits per heavy atom. The summed E-state index contributed by atoms with van der Waals surface area (Å²) >= 11 is 6.00. The molecule has 0 saturated carbocycles. The minimum Gasteiger partial charge on any atom is -0.240 e. The molecule has 0 bridgehead atoms. The van der Waals surface area contributed by atoms with Crippen LogP contribution in [0.25, 0.3) is 16.9 Å². The molecule has 8 heteroatoms. The minimum absolute atomic E-state index is 0.191. The van der Waals surface area contributed by atoms with Crippen molar-refractivity contribution in [2.75, 3.05) is 5.54 Å². The van der Waals surface area contributed by atoms with Crippen molar-refractivity contribution < 1.29 is 8.87 Å². The topological polar surface area (TPSA) is 55.6 Å². The third-order valence-electron chi connectivity index (χ3n) is 2.78. The van der Waals surface area contributed by atoms with Crippen molar-refractivity contribution >= 4 is 17.5 Å². The average Bonchev–Trinajstić information content (AvgIpc) is 2.98. The molecule has 0 unspecified atom stereocenters. The Morgan fingerprint density at radius 2 is 1.90 bits per heavy atom. The third-order valence-corrected chi connectivity index (χ3v) is 3.05. The maximum absolute atomic E-state index is 12.9. The van der Waals surface area contributed by atoms with E-state index in [1.165, 1.54) is 34.7 Å². The summed E-state index contributed by atoms with van der Waals surface area (Å²) < 4.78 is 26.8. The van der Waals surface area contributed by atoms with E-state index in [0.29, 0.717) is 16.9 Å². The van der Waals surface area contributed by atoms with Crippen LogP contribution in [0.3, 0.4) is 0 Å². The first-order valence-electron chi connectivity index (χ1n) is 5.87. The molecule has 0 aliphatic rings. The molecule has 3 rings (SSSR count). The average molecular weight is 308 g/mol. The van der Waals surface area contributed by atoms with Crippen LogP contribution in [0.1, 0.15) is 0 Å². The number of hydrogen-bond acceptors (Lipinski definition) is 4. The Morgan fingerprint density at radius 1 is 1.14 bits per heavy atom. The molecule has 0 radical (unpaired) electrons. The zero-order valence-electron chi connectivity index (χ0n) is 10.5. The van der Waals surface area contributed by atoms with Gasteiger partial charge in [0.05, 0.1) is 28.8 Å². The smallest absolute Gasteiger partial charge is 0.240 e. The van der Waals surface area contributed by atoms with Crippen LogP contribution in [0.2, 0.25) is 5.02 Å². The molecule has 0 fully saturated rings. The van der Waals surface area contributed by atoms with Crippen LogP contribution in [-0.4, -0.2) is 19.7 Å². The van der Waals surface area contributed by atoms with Crippen LogP contribution >= 0.6 is 11.6 Å². The van der Waals surface area contributed by atoms with E-state index >= 15 is 0 Å². The van der Waals surface area contributed by atoms with E-state index in [0.717, 1.165) is 0 Å². The molecule has 0 atom stereocenters. The molecule has 106 valence electrons. The molecule has 5 nitrogen and oxygen atoms in total. The zero-order chi connectivity index (χ0) is 14.8. The molecular formula is C13H8ClF2N5. The van der Waals surface area contributed by atoms with Gasteiger partial charge in [0, 0.05) is 11.8 Å². The van der Waals surface area contributed by atoms with E-state index in [-0.39, 0.29) is 16.8 Å². The van der Waals surface area contributed by atoms with Gasteiger partial charge in [-0.15, -0.1) is 4.48 Å². The summed E-state index contributed by atoms with van der Waals surface area (Å²) in [6.07, 6.45) is 4.48. The SMILES string of the molecule is FNc1ncc(Cl)c(-c2cnn(-c3ccc(F)cc3)c2)n1. The lowest BCUT2D eigenvalue weighted by atomic mass is 10.2. The van der Waals surface area contributed by atoms with Gasteiger partial charge in [0.15, 0.2) is 0 Å². The first kappa shape index (κ1) is 13.4. The number of nitrogens with one attached hydrogen (secondary N) is 1. The van der Waals surface area contributed by atoms with E-state index in [1.54, 1.807) is 18.3 Å². The van der Waals surface area contributed by atoms with Crippen LogP contribution < -0.4 is 5.54 Å². The molecule has 0 aliphatic carbocycles. The molecule has 1 N–H and O–H groups in total. The number of rotatable bonds is 3. The summed E-state index contributed by atoms with van der Waals surface area (Å²) in [5.41, 5.74) is 2.97. The van der Waals surface area contributed by atoms with E-state index in [4.69, 9.17) is 11.6 Å². The monoisotopic (exact) mass is 307 g/mol. The van der Waals surface area contributed by atoms with Gasteiger partial charge >= 0.3 is 0 Å². The number of anilines is 1. The third kappa shape index (κ3) is 2.68. The number of nitrogens with zero attached hydrogens (tertiary/aromatic N) is 4. The van der Waals surface area contributed by atoms with Gasteiger partial charge in [-0.1, -0.05) is 11.6 Å². The standard InChI is InChI=1S/C13H8ClF2N5/c14-11-6-17-13(20-16)19-12(11)8-5-18-21(7-8)10-3-1-9(15)2-4-10/h1-7H,(H,17,19,20). The van der Waals surface area contributed by atoms with Gasteiger partial charge in [-0.3, -0.25) is 0 Å². The van der Waals surface area contributed by atoms with Crippen LogP contribution in [0.5, 0.6) is 0 Å². The normalized spacial score (nSPS) is 10.6. The molecule has 0 aliphatic heterocycles. The van der Waals surface area contributed by atoms with E-state index in [1.807, 2.05) is 0 Å². The Bertz CT molecular complexity index is 772. The fourth-order valence-corrected chi connectivity index (χ4v) is 2.00. The van der Waals surface area contributed by atoms with Gasteiger partial charge < -0.3 is 0 Å². The Kier molecular flexibility index (Phi) is 3.49. The van der Waals surface area contributed by atoms with E-state index in [2.05, 4.69) is 15.1 Å². The molecule has 21 heavy (non-hydrogen) atoms. The maximum atomic E-state index is 12.9. The quantitative estimate of drug-likeness (QED) is 0.753. The molecule has 2 heterocycles. The van der Waals surface area contributed by atoms with Gasteiger partial charge in [0.2, 0.25) is 0 Å². The molecule has 2 aromatic heterocycles. The minimum atomic E-state index is -0.330. The van der Waals surface area contributed by atoms with E-state index in [9.17, 15) is 8.87 Å². The van der Waals surface area contributed by atoms with Crippen molar-refractivity contribution in [2.24, 2.45) is 0 Å². The van der Waals surface area contributed by atoms with Gasteiger partial charge in [0.25, 0.3) is 5.95 Å². The Hall–Kier alpha value is -2.54. The summed E-state index contributed by atoms with van der Waals surface area (Å²) in [6, 6.07) is 5.84. The molecular weight excluding hydrogens is 300 g/mol. The molecule has 0 spiro atoms. The predicted molar refractivity (Wildman–Crippen MR) is 74.3 cm³/mol. The lowest BCUT2D eigenvalue weighted by Crippen LogP contribution is -1.95. The predicted octanol–water partition coefficient (Wildman–Crippen LogP) is 3.42. The lowest BCUT2D eigenvalue weighted by molar-refractivity contribution is 0.605. The second kappa shape index (κ2) is 5.45. The summed E-state index contributed by atoms with van der Waals surface area (Å²) in [5.74, 6) is -0.521. The van der Waals surface area contributed by atoms with Crippen LogP contribution in [0.4, 0.5) is 14.8 Å². The second-order valence-corrected chi connectivity index (χ2v) is 4.54. The van der Waals surface area contributed by atoms with Crippen molar-refractivity contribution in [2.45, 2.75) is 0 Å². The summed E-state index contributed by atoms with van der Waals surface area (Å²) in [4.78, 5) is 7.60. The fourth-order valence-electron chi connectivity index (χ4n) is 1.80. The molecule has 0 amide bonds. The van der Waals surface area contributed by atoms with Gasteiger partial charge in [-0.05, 0) is 24.3 Å². The molecule has 3 aromatic rings. The molecule has 1 aromatic carbocycles. The van der Waals surface area contributed by atoms with Gasteiger partial charge in [0.1, 0.15) is 5.82 Å². The number of aromatic nitrogens is 4. The number of halogens is 3. The van der Waals surface area contributed by atoms with Gasteiger partial charge in [-0.25, -0.2) is 19.0 Å². The Labute approximate surface area is 123 Å². The Balaban J connectivity index is 2.00. The highest BCUT2D eigenvalue weighted by Gasteiger charge is 2.11. The van der Waals surface area contributed by atoms with Crippen molar-refractivity contribution in [3.63, 3.8) is 0 Å². The van der Waals surface area contributed by atoms with E-state index < -0.39 is 0 Å². The largest absolute Gasteiger partial charge is 0.251 e. The van der Waals surface area contributed by atoms with Crippen molar-refractivity contribution in [3.8, 4) is 16.9 Å². The van der Waals surface area contributed by atoms with Gasteiger partial charge in [-0.2, -0.15) is 10.6 Å². The first-order chi connectivity index (χ1) is 10.2. The van der Waals surface area contributed by atoms with Crippen molar-refractivity contribution in [1.82, 2.24) is 19.7 Å². The summed E-state index contributed by atoms with van der Waals surface area (Å²) in [6.45, 7) is 0. The van der Waals surface area contributed by atoms with Crippen LogP contribution in [0, 0.1) is 5.82 Å². The molecule has 0 saturated heterocycles. The van der Waals surface area contributed by atoms with Crippen LogP contribution in [-0.2, 0) is 0 Å². The summed E-state index contributed by atoms with van der Waals surface area (Å²) in [5, 5.41) is 4.42. The first-order valence-corrected chi connectivity index (χ1v) is 6.25. The zero-order valence-corrected chi connectivity index (χ0v) is 11.2.